The molecule has 0 atom stereocenters. The molecule has 4 heteroatoms. The molecule has 0 aromatic heterocycles. The van der Waals surface area contributed by atoms with E-state index in [-0.39, 0.29) is 18.4 Å². The third kappa shape index (κ3) is 8.72. The van der Waals surface area contributed by atoms with Crippen molar-refractivity contribution >= 4 is 11.8 Å². The summed E-state index contributed by atoms with van der Waals surface area (Å²) in [5, 5.41) is 2.84. The van der Waals surface area contributed by atoms with Crippen LogP contribution in [0.1, 0.15) is 47.0 Å². The van der Waals surface area contributed by atoms with E-state index < -0.39 is 0 Å². The molecular formula is C13H26N2O2. The van der Waals surface area contributed by atoms with E-state index in [1.54, 1.807) is 4.90 Å². The fourth-order valence-electron chi connectivity index (χ4n) is 1.43. The zero-order chi connectivity index (χ0) is 13.3. The van der Waals surface area contributed by atoms with Crippen LogP contribution in [0.5, 0.6) is 0 Å². The summed E-state index contributed by atoms with van der Waals surface area (Å²) in [5.41, 5.74) is 0. The Labute approximate surface area is 105 Å². The first-order valence-electron chi connectivity index (χ1n) is 6.49. The lowest BCUT2D eigenvalue weighted by Gasteiger charge is -2.20. The van der Waals surface area contributed by atoms with Gasteiger partial charge >= 0.3 is 0 Å². The van der Waals surface area contributed by atoms with Crippen LogP contribution in [0.3, 0.4) is 0 Å². The average molecular weight is 242 g/mol. The highest BCUT2D eigenvalue weighted by molar-refractivity contribution is 5.83. The van der Waals surface area contributed by atoms with Gasteiger partial charge in [0.2, 0.25) is 11.8 Å². The molecule has 0 aliphatic carbocycles. The summed E-state index contributed by atoms with van der Waals surface area (Å²) in [5.74, 6) is 0.494. The van der Waals surface area contributed by atoms with Crippen LogP contribution in [0.25, 0.3) is 0 Å². The predicted molar refractivity (Wildman–Crippen MR) is 69.6 cm³/mol. The first kappa shape index (κ1) is 15.9. The molecule has 0 aliphatic rings. The number of nitrogens with one attached hydrogen (secondary N) is 1. The van der Waals surface area contributed by atoms with Crippen LogP contribution < -0.4 is 5.32 Å². The first-order valence-corrected chi connectivity index (χ1v) is 6.49. The van der Waals surface area contributed by atoms with Crippen molar-refractivity contribution in [2.75, 3.05) is 19.6 Å². The molecule has 1 N–H and O–H groups in total. The maximum atomic E-state index is 11.6. The number of unbranched alkanes of at least 4 members (excludes halogenated alkanes) is 1. The normalized spacial score (nSPS) is 10.4. The van der Waals surface area contributed by atoms with Crippen molar-refractivity contribution in [1.29, 1.82) is 0 Å². The number of carbonyl (C=O) groups is 2. The van der Waals surface area contributed by atoms with Crippen molar-refractivity contribution in [3.8, 4) is 0 Å². The summed E-state index contributed by atoms with van der Waals surface area (Å²) in [6, 6.07) is 0. The fourth-order valence-corrected chi connectivity index (χ4v) is 1.43. The highest BCUT2D eigenvalue weighted by Crippen LogP contribution is 1.98. The molecular weight excluding hydrogens is 216 g/mol. The van der Waals surface area contributed by atoms with E-state index in [9.17, 15) is 9.59 Å². The average Bonchev–Trinajstić information content (AvgIpc) is 2.23. The summed E-state index contributed by atoms with van der Waals surface area (Å²) in [7, 11) is 0. The Kier molecular flexibility index (Phi) is 8.46. The number of hydrogen-bond donors (Lipinski definition) is 1. The van der Waals surface area contributed by atoms with Gasteiger partial charge in [-0.15, -0.1) is 0 Å². The topological polar surface area (TPSA) is 49.4 Å². The molecule has 0 aromatic carbocycles. The predicted octanol–water partition coefficient (Wildman–Crippen LogP) is 1.80. The molecule has 0 heterocycles. The smallest absolute Gasteiger partial charge is 0.239 e. The largest absolute Gasteiger partial charge is 0.355 e. The van der Waals surface area contributed by atoms with E-state index in [0.29, 0.717) is 19.0 Å². The Hall–Kier alpha value is -1.06. The van der Waals surface area contributed by atoms with Crippen LogP contribution in [0.2, 0.25) is 0 Å². The SMILES string of the molecule is CCCCN(CC(=O)NCCC(C)C)C(C)=O. The van der Waals surface area contributed by atoms with Crippen LogP contribution in [-0.4, -0.2) is 36.3 Å². The fraction of sp³-hybridized carbons (Fsp3) is 0.846. The molecule has 0 aliphatic heterocycles. The van der Waals surface area contributed by atoms with Crippen molar-refractivity contribution in [3.63, 3.8) is 0 Å². The third-order valence-corrected chi connectivity index (χ3v) is 2.61. The standard InChI is InChI=1S/C13H26N2O2/c1-5-6-9-15(12(4)16)10-13(17)14-8-7-11(2)3/h11H,5-10H2,1-4H3,(H,14,17). The zero-order valence-electron chi connectivity index (χ0n) is 11.6. The van der Waals surface area contributed by atoms with Crippen molar-refractivity contribution in [2.24, 2.45) is 5.92 Å². The van der Waals surface area contributed by atoms with Gasteiger partial charge in [-0.05, 0) is 18.8 Å². The minimum absolute atomic E-state index is 0.0301. The van der Waals surface area contributed by atoms with Crippen LogP contribution >= 0.6 is 0 Å². The van der Waals surface area contributed by atoms with Crippen molar-refractivity contribution in [1.82, 2.24) is 10.2 Å². The molecule has 0 spiro atoms. The molecule has 4 nitrogen and oxygen atoms in total. The maximum absolute atomic E-state index is 11.6. The number of hydrogen-bond acceptors (Lipinski definition) is 2. The van der Waals surface area contributed by atoms with E-state index in [2.05, 4.69) is 26.1 Å². The highest BCUT2D eigenvalue weighted by Gasteiger charge is 2.12. The molecule has 0 aromatic rings. The van der Waals surface area contributed by atoms with Gasteiger partial charge in [0.25, 0.3) is 0 Å². The second kappa shape index (κ2) is 9.02. The van der Waals surface area contributed by atoms with E-state index in [0.717, 1.165) is 19.3 Å². The second-order valence-corrected chi connectivity index (χ2v) is 4.83. The van der Waals surface area contributed by atoms with Gasteiger partial charge in [-0.1, -0.05) is 27.2 Å². The molecule has 0 unspecified atom stereocenters. The monoisotopic (exact) mass is 242 g/mol. The molecule has 0 saturated heterocycles. The van der Waals surface area contributed by atoms with Crippen LogP contribution in [0, 0.1) is 5.92 Å². The maximum Gasteiger partial charge on any atom is 0.239 e. The van der Waals surface area contributed by atoms with E-state index in [4.69, 9.17) is 0 Å². The molecule has 17 heavy (non-hydrogen) atoms. The van der Waals surface area contributed by atoms with Crippen molar-refractivity contribution in [2.45, 2.75) is 47.0 Å². The summed E-state index contributed by atoms with van der Waals surface area (Å²) in [4.78, 5) is 24.5. The highest BCUT2D eigenvalue weighted by atomic mass is 16.2. The third-order valence-electron chi connectivity index (χ3n) is 2.61. The summed E-state index contributed by atoms with van der Waals surface area (Å²) >= 11 is 0. The Morgan fingerprint density at radius 1 is 1.29 bits per heavy atom. The summed E-state index contributed by atoms with van der Waals surface area (Å²) in [6.07, 6.45) is 2.94. The molecule has 0 saturated carbocycles. The van der Waals surface area contributed by atoms with E-state index in [1.165, 1.54) is 6.92 Å². The second-order valence-electron chi connectivity index (χ2n) is 4.83. The summed E-state index contributed by atoms with van der Waals surface area (Å²) < 4.78 is 0. The first-order chi connectivity index (χ1) is 7.97. The lowest BCUT2D eigenvalue weighted by atomic mass is 10.1. The van der Waals surface area contributed by atoms with Gasteiger partial charge in [-0.25, -0.2) is 0 Å². The van der Waals surface area contributed by atoms with Gasteiger partial charge in [0, 0.05) is 20.0 Å². The molecule has 0 rings (SSSR count). The van der Waals surface area contributed by atoms with Crippen LogP contribution in [-0.2, 0) is 9.59 Å². The lowest BCUT2D eigenvalue weighted by molar-refractivity contribution is -0.134. The van der Waals surface area contributed by atoms with Gasteiger partial charge in [0.05, 0.1) is 6.54 Å². The zero-order valence-corrected chi connectivity index (χ0v) is 11.6. The van der Waals surface area contributed by atoms with Gasteiger partial charge in [0.15, 0.2) is 0 Å². The Balaban J connectivity index is 3.91. The number of carbonyl (C=O) groups excluding carboxylic acids is 2. The molecule has 0 bridgehead atoms. The minimum atomic E-state index is -0.0584. The Morgan fingerprint density at radius 3 is 2.41 bits per heavy atom. The van der Waals surface area contributed by atoms with Gasteiger partial charge in [-0.2, -0.15) is 0 Å². The summed E-state index contributed by atoms with van der Waals surface area (Å²) in [6.45, 7) is 9.37. The molecule has 2 amide bonds. The number of rotatable bonds is 8. The van der Waals surface area contributed by atoms with E-state index in [1.807, 2.05) is 0 Å². The van der Waals surface area contributed by atoms with Gasteiger partial charge < -0.3 is 10.2 Å². The van der Waals surface area contributed by atoms with E-state index >= 15 is 0 Å². The quantitative estimate of drug-likeness (QED) is 0.705. The van der Waals surface area contributed by atoms with Gasteiger partial charge in [0.1, 0.15) is 0 Å². The molecule has 0 fully saturated rings. The minimum Gasteiger partial charge on any atom is -0.355 e. The van der Waals surface area contributed by atoms with Gasteiger partial charge in [-0.3, -0.25) is 9.59 Å². The molecule has 0 radical (unpaired) electrons. The van der Waals surface area contributed by atoms with Crippen molar-refractivity contribution < 1.29 is 9.59 Å². The molecule has 100 valence electrons. The van der Waals surface area contributed by atoms with Crippen LogP contribution in [0.4, 0.5) is 0 Å². The Bertz CT molecular complexity index is 240. The number of nitrogens with zero attached hydrogens (tertiary/aromatic N) is 1. The lowest BCUT2D eigenvalue weighted by Crippen LogP contribution is -2.40. The Morgan fingerprint density at radius 2 is 1.94 bits per heavy atom. The van der Waals surface area contributed by atoms with Crippen LogP contribution in [0.15, 0.2) is 0 Å². The number of amides is 2. The van der Waals surface area contributed by atoms with Crippen molar-refractivity contribution in [3.05, 3.63) is 0 Å².